The molecule has 5 aromatic rings. The van der Waals surface area contributed by atoms with E-state index in [2.05, 4.69) is 22.2 Å². The van der Waals surface area contributed by atoms with Crippen LogP contribution in [0.15, 0.2) is 127 Å². The summed E-state index contributed by atoms with van der Waals surface area (Å²) in [6.07, 6.45) is 1.53. The second kappa shape index (κ2) is 17.2. The van der Waals surface area contributed by atoms with Crippen LogP contribution in [0.5, 0.6) is 0 Å². The third-order valence-corrected chi connectivity index (χ3v) is 10.5. The highest BCUT2D eigenvalue weighted by atomic mass is 32.2. The van der Waals surface area contributed by atoms with Gasteiger partial charge in [0.25, 0.3) is 5.91 Å². The lowest BCUT2D eigenvalue weighted by Crippen LogP contribution is -2.41. The molecule has 2 aliphatic heterocycles. The molecule has 2 fully saturated rings. The molecule has 0 spiro atoms. The van der Waals surface area contributed by atoms with Crippen LogP contribution >= 0.6 is 11.8 Å². The Hall–Kier alpha value is -5.40. The summed E-state index contributed by atoms with van der Waals surface area (Å²) in [4.78, 5) is 48.3. The zero-order chi connectivity index (χ0) is 37.4. The number of nitrogens with one attached hydrogen (secondary N) is 1. The van der Waals surface area contributed by atoms with Gasteiger partial charge in [0.2, 0.25) is 5.91 Å². The molecule has 2 saturated heterocycles. The van der Waals surface area contributed by atoms with Crippen molar-refractivity contribution in [1.29, 1.82) is 0 Å². The Labute approximate surface area is 317 Å². The molecule has 12 heteroatoms. The largest absolute Gasteiger partial charge is 0.445 e. The number of likely N-dealkylation sites (tertiary alicyclic amines) is 1. The third-order valence-electron chi connectivity index (χ3n) is 9.57. The second-order valence-corrected chi connectivity index (χ2v) is 14.3. The van der Waals surface area contributed by atoms with Gasteiger partial charge in [0.1, 0.15) is 12.6 Å². The van der Waals surface area contributed by atoms with Crippen LogP contribution in [-0.4, -0.2) is 55.8 Å². The lowest BCUT2D eigenvalue weighted by atomic mass is 9.91. The molecule has 276 valence electrons. The fourth-order valence-electron chi connectivity index (χ4n) is 6.56. The summed E-state index contributed by atoms with van der Waals surface area (Å²) < 4.78 is 18.5. The molecular weight excluding hydrogens is 705 g/mol. The van der Waals surface area contributed by atoms with Crippen molar-refractivity contribution in [2.75, 3.05) is 5.75 Å². The summed E-state index contributed by atoms with van der Waals surface area (Å²) in [6.45, 7) is 2.23. The van der Waals surface area contributed by atoms with Crippen LogP contribution in [0, 0.1) is 5.92 Å². The van der Waals surface area contributed by atoms with E-state index in [1.165, 1.54) is 4.90 Å². The number of ether oxygens (including phenoxy) is 3. The van der Waals surface area contributed by atoms with E-state index in [9.17, 15) is 19.5 Å². The van der Waals surface area contributed by atoms with Crippen LogP contribution in [0.2, 0.25) is 0 Å². The number of aliphatic hydroxyl groups is 1. The number of benzene rings is 4. The first-order valence-electron chi connectivity index (χ1n) is 17.8. The number of imide groups is 1. The molecule has 3 amide bonds. The topological polar surface area (TPSA) is 140 Å². The van der Waals surface area contributed by atoms with Crippen LogP contribution in [0.1, 0.15) is 53.6 Å². The number of carbonyl (C=O) groups is 3. The minimum absolute atomic E-state index is 0.0216. The number of thioether (sulfide) groups is 1. The Balaban J connectivity index is 1.01. The number of aromatic nitrogens is 2. The van der Waals surface area contributed by atoms with Crippen molar-refractivity contribution in [3.63, 3.8) is 0 Å². The predicted molar refractivity (Wildman–Crippen MR) is 201 cm³/mol. The van der Waals surface area contributed by atoms with Crippen LogP contribution in [0.4, 0.5) is 4.79 Å². The molecule has 1 aromatic heterocycles. The SMILES string of the molecule is C[C@H]1[C@@H](CSc2ncccn2)O[C@@H](c2ccc(-c3cccc(CN4C(=O)CC(NC(=O)OCc5ccccc5)C4=O)c3)cc2)O[C@H]1c1ccc(CO)cc1. The fraction of sp³-hybridized carbons (Fsp3) is 0.262. The first-order chi connectivity index (χ1) is 26.3. The minimum atomic E-state index is -0.979. The average molecular weight is 745 g/mol. The molecule has 1 unspecified atom stereocenters. The number of hydrogen-bond acceptors (Lipinski definition) is 10. The summed E-state index contributed by atoms with van der Waals surface area (Å²) in [5, 5.41) is 12.8. The second-order valence-electron chi connectivity index (χ2n) is 13.3. The van der Waals surface area contributed by atoms with Gasteiger partial charge in [-0.2, -0.15) is 0 Å². The summed E-state index contributed by atoms with van der Waals surface area (Å²) in [5.41, 5.74) is 6.14. The molecule has 54 heavy (non-hydrogen) atoms. The van der Waals surface area contributed by atoms with E-state index in [0.717, 1.165) is 38.9 Å². The van der Waals surface area contributed by atoms with Crippen LogP contribution in [-0.2, 0) is 43.6 Å². The Morgan fingerprint density at radius 2 is 1.57 bits per heavy atom. The van der Waals surface area contributed by atoms with Gasteiger partial charge in [-0.3, -0.25) is 14.5 Å². The van der Waals surface area contributed by atoms with Gasteiger partial charge in [-0.05, 0) is 45.5 Å². The summed E-state index contributed by atoms with van der Waals surface area (Å²) in [5.74, 6) is -0.170. The lowest BCUT2D eigenvalue weighted by molar-refractivity contribution is -0.268. The Morgan fingerprint density at radius 1 is 0.852 bits per heavy atom. The molecular formula is C42H40N4O7S. The van der Waals surface area contributed by atoms with Gasteiger partial charge >= 0.3 is 6.09 Å². The number of carbonyl (C=O) groups excluding carboxylic acids is 3. The van der Waals surface area contributed by atoms with E-state index in [4.69, 9.17) is 14.2 Å². The van der Waals surface area contributed by atoms with Gasteiger partial charge in [-0.25, -0.2) is 14.8 Å². The van der Waals surface area contributed by atoms with Crippen molar-refractivity contribution in [3.05, 3.63) is 149 Å². The highest BCUT2D eigenvalue weighted by Gasteiger charge is 2.40. The summed E-state index contributed by atoms with van der Waals surface area (Å²) >= 11 is 1.54. The van der Waals surface area contributed by atoms with Gasteiger partial charge in [0, 0.05) is 29.6 Å². The van der Waals surface area contributed by atoms with E-state index in [-0.39, 0.29) is 50.2 Å². The maximum atomic E-state index is 13.2. The fourth-order valence-corrected chi connectivity index (χ4v) is 7.53. The standard InChI is InChI=1S/C42H40N4O7S/c1-27-36(26-54-41-43-19-6-20-44-41)52-40(53-38(27)32-13-11-28(24-47)12-14-32)33-17-15-31(16-18-33)34-10-5-9-30(21-34)23-46-37(48)22-35(39(46)49)45-42(50)51-25-29-7-3-2-4-8-29/h2-21,27,35-36,38,40,47H,22-26H2,1H3,(H,45,50)/t27-,35?,36+,38+,40+/m0/s1. The first kappa shape index (κ1) is 36.9. The lowest BCUT2D eigenvalue weighted by Gasteiger charge is -2.41. The molecule has 11 nitrogen and oxygen atoms in total. The highest BCUT2D eigenvalue weighted by molar-refractivity contribution is 7.99. The third kappa shape index (κ3) is 8.86. The van der Waals surface area contributed by atoms with Gasteiger partial charge in [0.15, 0.2) is 11.4 Å². The molecule has 7 rings (SSSR count). The van der Waals surface area contributed by atoms with E-state index < -0.39 is 24.3 Å². The summed E-state index contributed by atoms with van der Waals surface area (Å²) in [6, 6.07) is 33.5. The normalized spacial score (nSPS) is 21.2. The van der Waals surface area contributed by atoms with Gasteiger partial charge in [-0.15, -0.1) is 0 Å². The Morgan fingerprint density at radius 3 is 2.31 bits per heavy atom. The molecule has 5 atom stereocenters. The molecule has 2 aliphatic rings. The molecule has 2 N–H and O–H groups in total. The van der Waals surface area contributed by atoms with E-state index >= 15 is 0 Å². The van der Waals surface area contributed by atoms with Crippen LogP contribution in [0.25, 0.3) is 11.1 Å². The van der Waals surface area contributed by atoms with Gasteiger partial charge < -0.3 is 24.6 Å². The van der Waals surface area contributed by atoms with Gasteiger partial charge in [-0.1, -0.05) is 116 Å². The summed E-state index contributed by atoms with van der Waals surface area (Å²) in [7, 11) is 0. The van der Waals surface area contributed by atoms with Crippen LogP contribution < -0.4 is 5.32 Å². The number of amides is 3. The number of aliphatic hydroxyl groups excluding tert-OH is 1. The molecule has 0 radical (unpaired) electrons. The molecule has 0 bridgehead atoms. The Kier molecular flexibility index (Phi) is 11.7. The van der Waals surface area contributed by atoms with Crippen molar-refractivity contribution in [3.8, 4) is 11.1 Å². The van der Waals surface area contributed by atoms with E-state index in [1.807, 2.05) is 103 Å². The zero-order valence-electron chi connectivity index (χ0n) is 29.6. The van der Waals surface area contributed by atoms with E-state index in [1.54, 1.807) is 30.2 Å². The highest BCUT2D eigenvalue weighted by Crippen LogP contribution is 2.43. The first-order valence-corrected chi connectivity index (χ1v) is 18.7. The van der Waals surface area contributed by atoms with Crippen molar-refractivity contribution >= 4 is 29.7 Å². The molecule has 0 aliphatic carbocycles. The smallest absolute Gasteiger partial charge is 0.408 e. The number of rotatable bonds is 12. The number of alkyl carbamates (subject to hydrolysis) is 1. The number of nitrogens with zero attached hydrogens (tertiary/aromatic N) is 3. The maximum Gasteiger partial charge on any atom is 0.408 e. The van der Waals surface area contributed by atoms with Crippen LogP contribution in [0.3, 0.4) is 0 Å². The van der Waals surface area contributed by atoms with E-state index in [0.29, 0.717) is 10.9 Å². The van der Waals surface area contributed by atoms with Gasteiger partial charge in [0.05, 0.1) is 31.8 Å². The van der Waals surface area contributed by atoms with Crippen molar-refractivity contribution in [2.45, 2.75) is 62.8 Å². The quantitative estimate of drug-likeness (QED) is 0.0799. The molecule has 4 aromatic carbocycles. The average Bonchev–Trinajstić information content (AvgIpc) is 3.47. The van der Waals surface area contributed by atoms with Crippen molar-refractivity contribution < 1.29 is 33.7 Å². The molecule has 0 saturated carbocycles. The van der Waals surface area contributed by atoms with Crippen molar-refractivity contribution in [2.24, 2.45) is 5.92 Å². The maximum absolute atomic E-state index is 13.2. The molecule has 3 heterocycles. The minimum Gasteiger partial charge on any atom is -0.445 e. The Bertz CT molecular complexity index is 2050. The monoisotopic (exact) mass is 744 g/mol. The zero-order valence-corrected chi connectivity index (χ0v) is 30.4. The predicted octanol–water partition coefficient (Wildman–Crippen LogP) is 6.77. The van der Waals surface area contributed by atoms with Crippen molar-refractivity contribution in [1.82, 2.24) is 20.2 Å². The number of hydrogen-bond donors (Lipinski definition) is 2.